The number of halogens is 3. The average molecular weight is 374 g/mol. The van der Waals surface area contributed by atoms with Crippen LogP contribution in [0.25, 0.3) is 0 Å². The first-order chi connectivity index (χ1) is 9.98. The van der Waals surface area contributed by atoms with Crippen molar-refractivity contribution in [3.8, 4) is 0 Å². The normalized spacial score (nSPS) is 38.8. The molecule has 1 N–H and O–H groups in total. The monoisotopic (exact) mass is 372 g/mol. The predicted molar refractivity (Wildman–Crippen MR) is 84.7 cm³/mol. The topological polar surface area (TPSA) is 20.2 Å². The standard InChI is InChI=1S/C17H19BrClFO/c18-13-2-1-12(15(20)14(13)19)16(21)17-6-9-3-10(7-17)5-11(4-9)8-17/h1-2,9-11,16,21H,3-8H2. The first-order valence-electron chi connectivity index (χ1n) is 7.80. The summed E-state index contributed by atoms with van der Waals surface area (Å²) in [6.07, 6.45) is 6.37. The lowest BCUT2D eigenvalue weighted by atomic mass is 9.47. The van der Waals surface area contributed by atoms with Gasteiger partial charge in [-0.3, -0.25) is 0 Å². The first-order valence-corrected chi connectivity index (χ1v) is 8.97. The molecule has 4 aliphatic carbocycles. The number of benzene rings is 1. The van der Waals surface area contributed by atoms with Gasteiger partial charge < -0.3 is 5.11 Å². The van der Waals surface area contributed by atoms with Gasteiger partial charge >= 0.3 is 0 Å². The van der Waals surface area contributed by atoms with Gasteiger partial charge in [0.25, 0.3) is 0 Å². The van der Waals surface area contributed by atoms with E-state index in [0.717, 1.165) is 37.0 Å². The number of hydrogen-bond donors (Lipinski definition) is 1. The Hall–Kier alpha value is -0.120. The highest BCUT2D eigenvalue weighted by molar-refractivity contribution is 9.10. The van der Waals surface area contributed by atoms with E-state index in [1.165, 1.54) is 19.3 Å². The molecule has 4 saturated carbocycles. The molecule has 0 aromatic heterocycles. The van der Waals surface area contributed by atoms with Crippen LogP contribution in [-0.4, -0.2) is 5.11 Å². The van der Waals surface area contributed by atoms with Crippen molar-refractivity contribution < 1.29 is 9.50 Å². The number of hydrogen-bond acceptors (Lipinski definition) is 1. The molecule has 4 bridgehead atoms. The quantitative estimate of drug-likeness (QED) is 0.679. The van der Waals surface area contributed by atoms with Crippen molar-refractivity contribution >= 4 is 27.5 Å². The Kier molecular flexibility index (Phi) is 3.40. The Labute approximate surface area is 138 Å². The van der Waals surface area contributed by atoms with Crippen molar-refractivity contribution in [2.24, 2.45) is 23.2 Å². The smallest absolute Gasteiger partial charge is 0.148 e. The predicted octanol–water partition coefficient (Wildman–Crippen LogP) is 5.49. The molecule has 1 unspecified atom stereocenters. The Morgan fingerprint density at radius 2 is 1.67 bits per heavy atom. The molecule has 0 heterocycles. The van der Waals surface area contributed by atoms with Crippen molar-refractivity contribution in [2.75, 3.05) is 0 Å². The summed E-state index contributed by atoms with van der Waals surface area (Å²) < 4.78 is 15.0. The van der Waals surface area contributed by atoms with Crippen LogP contribution in [0.4, 0.5) is 4.39 Å². The van der Waals surface area contributed by atoms with Crippen LogP contribution >= 0.6 is 27.5 Å². The van der Waals surface area contributed by atoms with Gasteiger partial charge in [0.15, 0.2) is 0 Å². The van der Waals surface area contributed by atoms with Crippen LogP contribution in [0.5, 0.6) is 0 Å². The van der Waals surface area contributed by atoms with Gasteiger partial charge in [-0.25, -0.2) is 4.39 Å². The molecule has 1 atom stereocenters. The van der Waals surface area contributed by atoms with Gasteiger partial charge in [0.2, 0.25) is 0 Å². The Morgan fingerprint density at radius 3 is 2.19 bits per heavy atom. The van der Waals surface area contributed by atoms with E-state index in [0.29, 0.717) is 10.0 Å². The van der Waals surface area contributed by atoms with Crippen LogP contribution in [0, 0.1) is 29.0 Å². The minimum absolute atomic E-state index is 0.0799. The van der Waals surface area contributed by atoms with E-state index >= 15 is 0 Å². The summed E-state index contributed by atoms with van der Waals surface area (Å²) in [5.74, 6) is 1.74. The molecule has 1 nitrogen and oxygen atoms in total. The summed E-state index contributed by atoms with van der Waals surface area (Å²) in [7, 11) is 0. The molecule has 4 fully saturated rings. The lowest BCUT2D eigenvalue weighted by Gasteiger charge is -2.58. The molecular formula is C17H19BrClFO. The summed E-state index contributed by atoms with van der Waals surface area (Å²) >= 11 is 9.24. The second-order valence-electron chi connectivity index (χ2n) is 7.45. The second kappa shape index (κ2) is 4.94. The maximum absolute atomic E-state index is 14.5. The van der Waals surface area contributed by atoms with E-state index in [4.69, 9.17) is 11.6 Å². The Balaban J connectivity index is 1.72. The van der Waals surface area contributed by atoms with E-state index in [9.17, 15) is 9.50 Å². The zero-order valence-corrected chi connectivity index (χ0v) is 14.1. The van der Waals surface area contributed by atoms with E-state index in [1.807, 2.05) is 0 Å². The maximum Gasteiger partial charge on any atom is 0.148 e. The minimum atomic E-state index is -0.725. The van der Waals surface area contributed by atoms with Crippen LogP contribution in [-0.2, 0) is 0 Å². The highest BCUT2D eigenvalue weighted by atomic mass is 79.9. The third-order valence-corrected chi connectivity index (χ3v) is 7.28. The van der Waals surface area contributed by atoms with Gasteiger partial charge in [-0.1, -0.05) is 17.7 Å². The lowest BCUT2D eigenvalue weighted by molar-refractivity contribution is -0.123. The molecule has 4 aliphatic rings. The van der Waals surface area contributed by atoms with Gasteiger partial charge in [-0.05, 0) is 78.3 Å². The number of rotatable bonds is 2. The summed E-state index contributed by atoms with van der Waals surface area (Å²) in [5, 5.41) is 11.0. The van der Waals surface area contributed by atoms with Gasteiger partial charge in [0.05, 0.1) is 11.1 Å². The third kappa shape index (κ3) is 2.19. The van der Waals surface area contributed by atoms with Crippen molar-refractivity contribution in [3.63, 3.8) is 0 Å². The largest absolute Gasteiger partial charge is 0.388 e. The molecule has 4 heteroatoms. The summed E-state index contributed by atoms with van der Waals surface area (Å²) in [4.78, 5) is 0. The van der Waals surface area contributed by atoms with E-state index < -0.39 is 11.9 Å². The van der Waals surface area contributed by atoms with Crippen LogP contribution in [0.3, 0.4) is 0 Å². The van der Waals surface area contributed by atoms with Crippen LogP contribution in [0.15, 0.2) is 16.6 Å². The van der Waals surface area contributed by atoms with Crippen molar-refractivity contribution in [3.05, 3.63) is 33.0 Å². The second-order valence-corrected chi connectivity index (χ2v) is 8.68. The molecular weight excluding hydrogens is 355 g/mol. The minimum Gasteiger partial charge on any atom is -0.388 e. The SMILES string of the molecule is OC(c1ccc(Br)c(Cl)c1F)C12CC3CC(CC(C3)C1)C2. The Morgan fingerprint density at radius 1 is 1.14 bits per heavy atom. The molecule has 0 radical (unpaired) electrons. The number of aliphatic hydroxyl groups excluding tert-OH is 1. The van der Waals surface area contributed by atoms with Gasteiger partial charge in [0.1, 0.15) is 5.82 Å². The summed E-state index contributed by atoms with van der Waals surface area (Å²) in [5.41, 5.74) is 0.261. The average Bonchev–Trinajstić information content (AvgIpc) is 2.43. The van der Waals surface area contributed by atoms with Crippen LogP contribution in [0.1, 0.15) is 50.2 Å². The molecule has 114 valence electrons. The van der Waals surface area contributed by atoms with E-state index in [1.54, 1.807) is 12.1 Å². The fraction of sp³-hybridized carbons (Fsp3) is 0.647. The van der Waals surface area contributed by atoms with Gasteiger partial charge in [0, 0.05) is 15.5 Å². The molecule has 0 aliphatic heterocycles. The van der Waals surface area contributed by atoms with Gasteiger partial charge in [-0.15, -0.1) is 0 Å². The molecule has 0 saturated heterocycles. The van der Waals surface area contributed by atoms with Crippen molar-refractivity contribution in [2.45, 2.75) is 44.6 Å². The fourth-order valence-electron chi connectivity index (χ4n) is 5.59. The molecule has 21 heavy (non-hydrogen) atoms. The number of aliphatic hydroxyl groups is 1. The highest BCUT2D eigenvalue weighted by Crippen LogP contribution is 2.64. The Bertz CT molecular complexity index is 553. The summed E-state index contributed by atoms with van der Waals surface area (Å²) in [6, 6.07) is 3.43. The van der Waals surface area contributed by atoms with Crippen molar-refractivity contribution in [1.29, 1.82) is 0 Å². The van der Waals surface area contributed by atoms with Gasteiger partial charge in [-0.2, -0.15) is 0 Å². The van der Waals surface area contributed by atoms with Crippen LogP contribution in [0.2, 0.25) is 5.02 Å². The molecule has 1 aromatic rings. The summed E-state index contributed by atoms with van der Waals surface area (Å²) in [6.45, 7) is 0. The first kappa shape index (κ1) is 14.5. The molecule has 0 amide bonds. The fourth-order valence-corrected chi connectivity index (χ4v) is 6.07. The zero-order chi connectivity index (χ0) is 14.8. The lowest BCUT2D eigenvalue weighted by Crippen LogP contribution is -2.49. The van der Waals surface area contributed by atoms with E-state index in [2.05, 4.69) is 15.9 Å². The molecule has 5 rings (SSSR count). The molecule has 1 aromatic carbocycles. The highest BCUT2D eigenvalue weighted by Gasteiger charge is 2.54. The van der Waals surface area contributed by atoms with Crippen molar-refractivity contribution in [1.82, 2.24) is 0 Å². The zero-order valence-electron chi connectivity index (χ0n) is 11.8. The van der Waals surface area contributed by atoms with Crippen LogP contribution < -0.4 is 0 Å². The van der Waals surface area contributed by atoms with E-state index in [-0.39, 0.29) is 10.4 Å². The maximum atomic E-state index is 14.5. The third-order valence-electron chi connectivity index (χ3n) is 6.03. The molecule has 0 spiro atoms.